The number of rotatable bonds is 5. The van der Waals surface area contributed by atoms with Crippen LogP contribution in [0.15, 0.2) is 126 Å². The van der Waals surface area contributed by atoms with Crippen LogP contribution in [-0.4, -0.2) is 27.8 Å². The van der Waals surface area contributed by atoms with Crippen molar-refractivity contribution < 1.29 is 0 Å². The highest BCUT2D eigenvalue weighted by Gasteiger charge is 2.14. The Morgan fingerprint density at radius 2 is 0.947 bits per heavy atom. The Kier molecular flexibility index (Phi) is 6.63. The van der Waals surface area contributed by atoms with Crippen LogP contribution in [0.5, 0.6) is 0 Å². The van der Waals surface area contributed by atoms with Gasteiger partial charge in [-0.15, -0.1) is 0 Å². The van der Waals surface area contributed by atoms with Crippen molar-refractivity contribution in [2.75, 3.05) is 0 Å². The molecule has 0 aliphatic heterocycles. The summed E-state index contributed by atoms with van der Waals surface area (Å²) in [5.74, 6) is 0. The van der Waals surface area contributed by atoms with Gasteiger partial charge in [-0.1, -0.05) is 69.9 Å². The van der Waals surface area contributed by atoms with Gasteiger partial charge in [0.05, 0.1) is 34.2 Å². The molecule has 4 nitrogen and oxygen atoms in total. The van der Waals surface area contributed by atoms with Gasteiger partial charge < -0.3 is 0 Å². The zero-order valence-electron chi connectivity index (χ0n) is 20.7. The van der Waals surface area contributed by atoms with E-state index in [1.807, 2.05) is 48.5 Å². The molecular formula is C32H22BBrN4. The number of hydrogen-bond donors (Lipinski definition) is 0. The van der Waals surface area contributed by atoms with Gasteiger partial charge in [-0.2, -0.15) is 0 Å². The molecule has 0 atom stereocenters. The van der Waals surface area contributed by atoms with Gasteiger partial charge in [0, 0.05) is 16.9 Å². The molecule has 6 rings (SSSR count). The fourth-order valence-corrected chi connectivity index (χ4v) is 4.84. The van der Waals surface area contributed by atoms with Crippen LogP contribution in [0.1, 0.15) is 0 Å². The van der Waals surface area contributed by atoms with Crippen molar-refractivity contribution in [3.63, 3.8) is 0 Å². The maximum Gasteiger partial charge on any atom is 0.139 e. The second-order valence-corrected chi connectivity index (χ2v) is 9.98. The summed E-state index contributed by atoms with van der Waals surface area (Å²) in [5, 5.41) is 0. The summed E-state index contributed by atoms with van der Waals surface area (Å²) < 4.78 is 1.02. The summed E-state index contributed by atoms with van der Waals surface area (Å²) >= 11 is 3.62. The van der Waals surface area contributed by atoms with E-state index in [2.05, 4.69) is 94.4 Å². The molecule has 180 valence electrons. The summed E-state index contributed by atoms with van der Waals surface area (Å²) in [6.07, 6.45) is 3.58. The molecular weight excluding hydrogens is 531 g/mol. The largest absolute Gasteiger partial charge is 0.255 e. The molecule has 0 N–H and O–H groups in total. The highest BCUT2D eigenvalue weighted by molar-refractivity contribution is 9.10. The normalized spacial score (nSPS) is 10.9. The predicted molar refractivity (Wildman–Crippen MR) is 161 cm³/mol. The SMILES string of the molecule is Bc1cccc(-c2cc(-c3ccccn3)nc(-c3cc(-c4cccc(Br)c4)cc(-c4ccccn4)n3)c2)c1. The Labute approximate surface area is 231 Å². The Bertz CT molecular complexity index is 1610. The fraction of sp³-hybridized carbons (Fsp3) is 0. The topological polar surface area (TPSA) is 51.6 Å². The lowest BCUT2D eigenvalue weighted by Crippen LogP contribution is -2.01. The monoisotopic (exact) mass is 552 g/mol. The minimum Gasteiger partial charge on any atom is -0.255 e. The smallest absolute Gasteiger partial charge is 0.139 e. The van der Waals surface area contributed by atoms with E-state index in [0.717, 1.165) is 60.9 Å². The minimum atomic E-state index is 0.773. The molecule has 0 saturated carbocycles. The maximum atomic E-state index is 5.05. The van der Waals surface area contributed by atoms with Gasteiger partial charge in [0.2, 0.25) is 0 Å². The lowest BCUT2D eigenvalue weighted by Gasteiger charge is -2.13. The second-order valence-electron chi connectivity index (χ2n) is 9.06. The molecule has 0 bridgehead atoms. The van der Waals surface area contributed by atoms with Crippen molar-refractivity contribution in [2.45, 2.75) is 0 Å². The molecule has 0 aliphatic rings. The summed E-state index contributed by atoms with van der Waals surface area (Å²) in [4.78, 5) is 19.3. The Morgan fingerprint density at radius 3 is 1.42 bits per heavy atom. The molecule has 0 fully saturated rings. The van der Waals surface area contributed by atoms with Crippen molar-refractivity contribution in [1.29, 1.82) is 0 Å². The summed E-state index contributed by atoms with van der Waals surface area (Å²) in [7, 11) is 2.10. The van der Waals surface area contributed by atoms with Gasteiger partial charge >= 0.3 is 0 Å². The fourth-order valence-electron chi connectivity index (χ4n) is 4.44. The zero-order chi connectivity index (χ0) is 25.9. The first-order valence-electron chi connectivity index (χ1n) is 12.3. The van der Waals surface area contributed by atoms with Crippen molar-refractivity contribution in [3.8, 4) is 56.4 Å². The lowest BCUT2D eigenvalue weighted by molar-refractivity contribution is 1.21. The van der Waals surface area contributed by atoms with E-state index >= 15 is 0 Å². The Morgan fingerprint density at radius 1 is 0.447 bits per heavy atom. The van der Waals surface area contributed by atoms with Crippen LogP contribution in [0.3, 0.4) is 0 Å². The summed E-state index contributed by atoms with van der Waals surface area (Å²) in [6, 6.07) is 36.9. The number of nitrogens with zero attached hydrogens (tertiary/aromatic N) is 4. The zero-order valence-corrected chi connectivity index (χ0v) is 22.3. The van der Waals surface area contributed by atoms with Gasteiger partial charge in [-0.05, 0) is 82.9 Å². The van der Waals surface area contributed by atoms with E-state index in [0.29, 0.717) is 0 Å². The second kappa shape index (κ2) is 10.5. The van der Waals surface area contributed by atoms with E-state index in [4.69, 9.17) is 9.97 Å². The van der Waals surface area contributed by atoms with Crippen LogP contribution in [-0.2, 0) is 0 Å². The van der Waals surface area contributed by atoms with Gasteiger partial charge in [0.15, 0.2) is 0 Å². The molecule has 0 aliphatic carbocycles. The van der Waals surface area contributed by atoms with Crippen molar-refractivity contribution in [1.82, 2.24) is 19.9 Å². The van der Waals surface area contributed by atoms with E-state index in [-0.39, 0.29) is 0 Å². The average molecular weight is 553 g/mol. The van der Waals surface area contributed by atoms with Crippen LogP contribution in [0.4, 0.5) is 0 Å². The molecule has 0 spiro atoms. The first kappa shape index (κ1) is 24.0. The van der Waals surface area contributed by atoms with Gasteiger partial charge in [0.1, 0.15) is 7.85 Å². The van der Waals surface area contributed by atoms with E-state index in [1.165, 1.54) is 5.46 Å². The molecule has 0 amide bonds. The Balaban J connectivity index is 1.59. The molecule has 6 aromatic rings. The molecule has 0 saturated heterocycles. The van der Waals surface area contributed by atoms with Crippen LogP contribution in [0.2, 0.25) is 0 Å². The number of aromatic nitrogens is 4. The van der Waals surface area contributed by atoms with Crippen LogP contribution >= 0.6 is 15.9 Å². The summed E-state index contributed by atoms with van der Waals surface area (Å²) in [5.41, 5.74) is 10.3. The van der Waals surface area contributed by atoms with Crippen LogP contribution in [0.25, 0.3) is 56.4 Å². The molecule has 4 aromatic heterocycles. The summed E-state index contributed by atoms with van der Waals surface area (Å²) in [6.45, 7) is 0. The number of pyridine rings is 4. The average Bonchev–Trinajstić information content (AvgIpc) is 2.97. The third-order valence-corrected chi connectivity index (χ3v) is 6.77. The molecule has 0 radical (unpaired) electrons. The quantitative estimate of drug-likeness (QED) is 0.225. The third-order valence-electron chi connectivity index (χ3n) is 6.28. The molecule has 2 aromatic carbocycles. The first-order valence-corrected chi connectivity index (χ1v) is 13.1. The van der Waals surface area contributed by atoms with Crippen molar-refractivity contribution in [2.24, 2.45) is 0 Å². The standard InChI is InChI=1S/C32H22BBrN4/c33-25-9-5-7-21(15-25)23-17-29(27-11-1-3-13-35-27)37-31(19-23)32-20-24(22-8-6-10-26(34)16-22)18-30(38-32)28-12-2-4-14-36-28/h1-20H,33H2. The van der Waals surface area contributed by atoms with E-state index in [9.17, 15) is 0 Å². The number of halogens is 1. The predicted octanol–water partition coefficient (Wildman–Crippen LogP) is 6.62. The third kappa shape index (κ3) is 5.17. The molecule has 4 heterocycles. The minimum absolute atomic E-state index is 0.773. The molecule has 6 heteroatoms. The maximum absolute atomic E-state index is 5.05. The van der Waals surface area contributed by atoms with E-state index in [1.54, 1.807) is 12.4 Å². The molecule has 0 unspecified atom stereocenters. The number of benzene rings is 2. The van der Waals surface area contributed by atoms with Crippen LogP contribution in [0, 0.1) is 0 Å². The first-order chi connectivity index (χ1) is 18.6. The highest BCUT2D eigenvalue weighted by atomic mass is 79.9. The van der Waals surface area contributed by atoms with Gasteiger partial charge in [-0.25, -0.2) is 9.97 Å². The van der Waals surface area contributed by atoms with E-state index < -0.39 is 0 Å². The van der Waals surface area contributed by atoms with Crippen molar-refractivity contribution in [3.05, 3.63) is 126 Å². The molecule has 38 heavy (non-hydrogen) atoms. The Hall–Kier alpha value is -4.42. The number of hydrogen-bond acceptors (Lipinski definition) is 4. The van der Waals surface area contributed by atoms with Crippen molar-refractivity contribution >= 4 is 29.2 Å². The highest BCUT2D eigenvalue weighted by Crippen LogP contribution is 2.33. The van der Waals surface area contributed by atoms with Gasteiger partial charge in [0.25, 0.3) is 0 Å². The lowest BCUT2D eigenvalue weighted by atomic mass is 9.92. The van der Waals surface area contributed by atoms with Crippen LogP contribution < -0.4 is 5.46 Å². The van der Waals surface area contributed by atoms with Gasteiger partial charge in [-0.3, -0.25) is 9.97 Å².